The highest BCUT2D eigenvalue weighted by Crippen LogP contribution is 2.19. The summed E-state index contributed by atoms with van der Waals surface area (Å²) in [5, 5.41) is 11.9. The molecule has 0 aliphatic heterocycles. The van der Waals surface area contributed by atoms with E-state index in [9.17, 15) is 14.9 Å². The van der Waals surface area contributed by atoms with E-state index in [2.05, 4.69) is 5.32 Å². The molecule has 0 aliphatic carbocycles. The number of benzene rings is 2. The second-order valence-corrected chi connectivity index (χ2v) is 7.03. The number of carbonyl (C=O) groups is 2. The zero-order valence-electron chi connectivity index (χ0n) is 17.8. The number of carbonyl (C=O) groups excluding carboxylic acids is 2. The first-order chi connectivity index (χ1) is 15.4. The number of ether oxygens (including phenoxy) is 2. The summed E-state index contributed by atoms with van der Waals surface area (Å²) in [7, 11) is 0. The third-order valence-electron chi connectivity index (χ3n) is 4.48. The van der Waals surface area contributed by atoms with Crippen molar-refractivity contribution >= 4 is 18.0 Å². The molecule has 0 spiro atoms. The van der Waals surface area contributed by atoms with Crippen LogP contribution in [0.1, 0.15) is 22.5 Å². The van der Waals surface area contributed by atoms with Gasteiger partial charge < -0.3 is 19.2 Å². The lowest BCUT2D eigenvalue weighted by atomic mass is 10.1. The second-order valence-electron chi connectivity index (χ2n) is 7.03. The maximum atomic E-state index is 12.2. The normalized spacial score (nSPS) is 10.8. The van der Waals surface area contributed by atoms with Crippen molar-refractivity contribution in [3.8, 4) is 17.6 Å². The van der Waals surface area contributed by atoms with Gasteiger partial charge in [0.2, 0.25) is 0 Å². The van der Waals surface area contributed by atoms with Crippen molar-refractivity contribution < 1.29 is 23.5 Å². The van der Waals surface area contributed by atoms with E-state index in [1.54, 1.807) is 36.4 Å². The fourth-order valence-corrected chi connectivity index (χ4v) is 2.78. The van der Waals surface area contributed by atoms with Gasteiger partial charge in [0.05, 0.1) is 12.8 Å². The van der Waals surface area contributed by atoms with Crippen LogP contribution < -0.4 is 14.8 Å². The molecule has 0 atom stereocenters. The summed E-state index contributed by atoms with van der Waals surface area (Å²) < 4.78 is 16.0. The van der Waals surface area contributed by atoms with Gasteiger partial charge in [-0.15, -0.1) is 0 Å². The molecule has 32 heavy (non-hydrogen) atoms. The molecule has 1 N–H and O–H groups in total. The molecule has 162 valence electrons. The Morgan fingerprint density at radius 2 is 1.91 bits per heavy atom. The average molecular weight is 430 g/mol. The van der Waals surface area contributed by atoms with E-state index in [1.165, 1.54) is 12.3 Å². The van der Waals surface area contributed by atoms with Crippen molar-refractivity contribution in [1.82, 2.24) is 5.32 Å². The number of nitrogens with one attached hydrogen (secondary N) is 1. The lowest BCUT2D eigenvalue weighted by molar-refractivity contribution is -0.136. The fraction of sp³-hybridized carbons (Fsp3) is 0.160. The molecule has 7 heteroatoms. The summed E-state index contributed by atoms with van der Waals surface area (Å²) in [6, 6.07) is 17.5. The Morgan fingerprint density at radius 3 is 2.59 bits per heavy atom. The molecule has 7 nitrogen and oxygen atoms in total. The molecule has 0 bridgehead atoms. The predicted octanol–water partition coefficient (Wildman–Crippen LogP) is 4.10. The molecule has 3 rings (SSSR count). The Bertz CT molecular complexity index is 1160. The van der Waals surface area contributed by atoms with Crippen molar-refractivity contribution in [2.45, 2.75) is 20.4 Å². The third kappa shape index (κ3) is 6.34. The largest absolute Gasteiger partial charge is 0.482 e. The molecule has 1 heterocycles. The molecule has 1 aromatic heterocycles. The number of nitriles is 1. The number of furan rings is 1. The van der Waals surface area contributed by atoms with E-state index < -0.39 is 11.9 Å². The Hall–Kier alpha value is -4.31. The number of esters is 1. The van der Waals surface area contributed by atoms with Gasteiger partial charge in [0.25, 0.3) is 5.91 Å². The predicted molar refractivity (Wildman–Crippen MR) is 118 cm³/mol. The molecule has 0 saturated carbocycles. The van der Waals surface area contributed by atoms with E-state index in [-0.39, 0.29) is 18.7 Å². The van der Waals surface area contributed by atoms with Crippen LogP contribution in [0, 0.1) is 25.2 Å². The average Bonchev–Trinajstić information content (AvgIpc) is 3.31. The van der Waals surface area contributed by atoms with Gasteiger partial charge in [-0.1, -0.05) is 24.3 Å². The zero-order valence-corrected chi connectivity index (χ0v) is 17.8. The molecular formula is C25H22N2O5. The lowest BCUT2D eigenvalue weighted by Gasteiger charge is -2.10. The van der Waals surface area contributed by atoms with Gasteiger partial charge in [0.15, 0.2) is 6.61 Å². The Kier molecular flexibility index (Phi) is 7.44. The van der Waals surface area contributed by atoms with E-state index in [0.717, 1.165) is 11.1 Å². The summed E-state index contributed by atoms with van der Waals surface area (Å²) in [6.07, 6.45) is 2.96. The summed E-state index contributed by atoms with van der Waals surface area (Å²) >= 11 is 0. The van der Waals surface area contributed by atoms with Crippen molar-refractivity contribution in [3.63, 3.8) is 0 Å². The molecule has 1 amide bonds. The van der Waals surface area contributed by atoms with Crippen molar-refractivity contribution in [2.24, 2.45) is 0 Å². The minimum absolute atomic E-state index is 0.0526. The Morgan fingerprint density at radius 1 is 1.12 bits per heavy atom. The Labute approximate surface area is 185 Å². The first-order valence-electron chi connectivity index (χ1n) is 9.88. The standard InChI is InChI=1S/C25H22N2O5/c1-17-5-6-18(2)23(12-17)31-16-24(28)32-21-9-7-19(8-10-21)13-20(14-26)25(29)27-15-22-4-3-11-30-22/h3-13H,15-16H2,1-2H3,(H,27,29)/b20-13+. The summed E-state index contributed by atoms with van der Waals surface area (Å²) in [5.74, 6) is 0.504. The van der Waals surface area contributed by atoms with Gasteiger partial charge in [-0.2, -0.15) is 5.26 Å². The zero-order chi connectivity index (χ0) is 22.9. The highest BCUT2D eigenvalue weighted by atomic mass is 16.6. The minimum atomic E-state index is -0.538. The van der Waals surface area contributed by atoms with Crippen molar-refractivity contribution in [2.75, 3.05) is 6.61 Å². The molecular weight excluding hydrogens is 408 g/mol. The molecule has 0 radical (unpaired) electrons. The first-order valence-corrected chi connectivity index (χ1v) is 9.88. The van der Waals surface area contributed by atoms with Gasteiger partial charge in [-0.25, -0.2) is 4.79 Å². The smallest absolute Gasteiger partial charge is 0.349 e. The number of amides is 1. The van der Waals surface area contributed by atoms with Crippen LogP contribution in [-0.2, 0) is 16.1 Å². The lowest BCUT2D eigenvalue weighted by Crippen LogP contribution is -2.23. The number of hydrogen-bond donors (Lipinski definition) is 1. The van der Waals surface area contributed by atoms with Crippen molar-refractivity contribution in [3.05, 3.63) is 88.9 Å². The van der Waals surface area contributed by atoms with E-state index in [1.807, 2.05) is 38.1 Å². The first kappa shape index (κ1) is 22.4. The van der Waals surface area contributed by atoms with Gasteiger partial charge in [-0.05, 0) is 66.9 Å². The van der Waals surface area contributed by atoms with Crippen LogP contribution in [0.5, 0.6) is 11.5 Å². The minimum Gasteiger partial charge on any atom is -0.482 e. The maximum Gasteiger partial charge on any atom is 0.349 e. The molecule has 0 saturated heterocycles. The quantitative estimate of drug-likeness (QED) is 0.250. The number of nitrogens with zero attached hydrogens (tertiary/aromatic N) is 1. The van der Waals surface area contributed by atoms with E-state index >= 15 is 0 Å². The van der Waals surface area contributed by atoms with Crippen LogP contribution in [-0.4, -0.2) is 18.5 Å². The Balaban J connectivity index is 1.55. The summed E-state index contributed by atoms with van der Waals surface area (Å²) in [6.45, 7) is 3.81. The van der Waals surface area contributed by atoms with Gasteiger partial charge in [0.1, 0.15) is 28.9 Å². The number of aryl methyl sites for hydroxylation is 2. The number of hydrogen-bond acceptors (Lipinski definition) is 6. The van der Waals surface area contributed by atoms with Gasteiger partial charge in [0, 0.05) is 0 Å². The monoisotopic (exact) mass is 430 g/mol. The van der Waals surface area contributed by atoms with E-state index in [4.69, 9.17) is 13.9 Å². The van der Waals surface area contributed by atoms with Crippen LogP contribution >= 0.6 is 0 Å². The van der Waals surface area contributed by atoms with Crippen molar-refractivity contribution in [1.29, 1.82) is 5.26 Å². The van der Waals surface area contributed by atoms with Crippen LogP contribution in [0.25, 0.3) is 6.08 Å². The summed E-state index contributed by atoms with van der Waals surface area (Å²) in [4.78, 5) is 24.3. The number of rotatable bonds is 8. The highest BCUT2D eigenvalue weighted by Gasteiger charge is 2.11. The van der Waals surface area contributed by atoms with Gasteiger partial charge >= 0.3 is 5.97 Å². The molecule has 0 aliphatic rings. The fourth-order valence-electron chi connectivity index (χ4n) is 2.78. The van der Waals surface area contributed by atoms with Crippen LogP contribution in [0.15, 0.2) is 70.9 Å². The highest BCUT2D eigenvalue weighted by molar-refractivity contribution is 6.01. The second kappa shape index (κ2) is 10.6. The summed E-state index contributed by atoms with van der Waals surface area (Å²) in [5.41, 5.74) is 2.53. The molecule has 3 aromatic rings. The molecule has 0 unspecified atom stereocenters. The maximum absolute atomic E-state index is 12.2. The molecule has 2 aromatic carbocycles. The SMILES string of the molecule is Cc1ccc(C)c(OCC(=O)Oc2ccc(/C=C(\C#N)C(=O)NCc3ccco3)cc2)c1. The van der Waals surface area contributed by atoms with Gasteiger partial charge in [-0.3, -0.25) is 4.79 Å². The van der Waals surface area contributed by atoms with Crippen LogP contribution in [0.4, 0.5) is 0 Å². The van der Waals surface area contributed by atoms with E-state index in [0.29, 0.717) is 22.8 Å². The topological polar surface area (TPSA) is 102 Å². The molecule has 0 fully saturated rings. The third-order valence-corrected chi connectivity index (χ3v) is 4.48. The van der Waals surface area contributed by atoms with Crippen LogP contribution in [0.3, 0.4) is 0 Å². The van der Waals surface area contributed by atoms with Crippen LogP contribution in [0.2, 0.25) is 0 Å².